The van der Waals surface area contributed by atoms with Gasteiger partial charge in [0.1, 0.15) is 5.75 Å². The van der Waals surface area contributed by atoms with Crippen molar-refractivity contribution in [2.24, 2.45) is 5.92 Å². The third-order valence-corrected chi connectivity index (χ3v) is 7.81. The quantitative estimate of drug-likeness (QED) is 0.656. The first kappa shape index (κ1) is 21.6. The van der Waals surface area contributed by atoms with Gasteiger partial charge in [0, 0.05) is 32.2 Å². The van der Waals surface area contributed by atoms with E-state index in [2.05, 4.69) is 0 Å². The summed E-state index contributed by atoms with van der Waals surface area (Å²) in [4.78, 5) is 15.2. The zero-order chi connectivity index (χ0) is 22.0. The molecule has 1 amide bonds. The second-order valence-corrected chi connectivity index (χ2v) is 9.75. The number of nitrogens with zero attached hydrogens (tertiary/aromatic N) is 2. The lowest BCUT2D eigenvalue weighted by molar-refractivity contribution is 0.0727. The molecular formula is C23H28N2O5S. The number of carbonyl (C=O) groups is 1. The zero-order valence-corrected chi connectivity index (χ0v) is 18.7. The molecule has 7 nitrogen and oxygen atoms in total. The Morgan fingerprint density at radius 1 is 1.26 bits per heavy atom. The normalized spacial score (nSPS) is 18.1. The van der Waals surface area contributed by atoms with E-state index in [4.69, 9.17) is 9.47 Å². The fourth-order valence-electron chi connectivity index (χ4n) is 4.26. The summed E-state index contributed by atoms with van der Waals surface area (Å²) in [6.07, 6.45) is 1.59. The van der Waals surface area contributed by atoms with E-state index in [1.54, 1.807) is 11.0 Å². The maximum absolute atomic E-state index is 13.4. The van der Waals surface area contributed by atoms with Gasteiger partial charge in [-0.2, -0.15) is 0 Å². The van der Waals surface area contributed by atoms with E-state index in [0.717, 1.165) is 12.0 Å². The van der Waals surface area contributed by atoms with Crippen molar-refractivity contribution in [1.82, 2.24) is 4.90 Å². The van der Waals surface area contributed by atoms with E-state index in [1.807, 2.05) is 31.2 Å². The molecule has 1 saturated heterocycles. The molecule has 0 aromatic heterocycles. The Morgan fingerprint density at radius 2 is 2.06 bits per heavy atom. The van der Waals surface area contributed by atoms with Crippen molar-refractivity contribution < 1.29 is 22.7 Å². The summed E-state index contributed by atoms with van der Waals surface area (Å²) in [5.41, 5.74) is 1.96. The number of para-hydroxylation sites is 1. The Labute approximate surface area is 183 Å². The number of anilines is 1. The van der Waals surface area contributed by atoms with Crippen LogP contribution < -0.4 is 9.04 Å². The van der Waals surface area contributed by atoms with Crippen molar-refractivity contribution >= 4 is 21.6 Å². The monoisotopic (exact) mass is 444 g/mol. The standard InChI is InChI=1S/C23H28N2O5S/c1-3-24(15-17-11-13-30-16-17)23(26)20-14-19(8-9-22(20)29-2)31(27,28)25-12-10-18-6-4-5-7-21(18)25/h4-9,14,17H,3,10-13,15-16H2,1-2H3. The number of methoxy groups -OCH3 is 1. The molecule has 31 heavy (non-hydrogen) atoms. The predicted molar refractivity (Wildman–Crippen MR) is 118 cm³/mol. The average Bonchev–Trinajstić information content (AvgIpc) is 3.46. The van der Waals surface area contributed by atoms with Crippen molar-refractivity contribution in [2.45, 2.75) is 24.7 Å². The van der Waals surface area contributed by atoms with Gasteiger partial charge >= 0.3 is 0 Å². The highest BCUT2D eigenvalue weighted by Crippen LogP contribution is 2.34. The van der Waals surface area contributed by atoms with Crippen LogP contribution in [0.3, 0.4) is 0 Å². The molecular weight excluding hydrogens is 416 g/mol. The first-order valence-electron chi connectivity index (χ1n) is 10.6. The van der Waals surface area contributed by atoms with Crippen LogP contribution >= 0.6 is 0 Å². The lowest BCUT2D eigenvalue weighted by atomic mass is 10.1. The zero-order valence-electron chi connectivity index (χ0n) is 17.9. The largest absolute Gasteiger partial charge is 0.496 e. The lowest BCUT2D eigenvalue weighted by Gasteiger charge is -2.25. The smallest absolute Gasteiger partial charge is 0.264 e. The second-order valence-electron chi connectivity index (χ2n) is 7.89. The molecule has 2 heterocycles. The van der Waals surface area contributed by atoms with E-state index < -0.39 is 10.0 Å². The van der Waals surface area contributed by atoms with Crippen LogP contribution in [0.4, 0.5) is 5.69 Å². The summed E-state index contributed by atoms with van der Waals surface area (Å²) in [5.74, 6) is 0.430. The van der Waals surface area contributed by atoms with Crippen molar-refractivity contribution in [3.8, 4) is 5.75 Å². The van der Waals surface area contributed by atoms with Gasteiger partial charge in [0.05, 0.1) is 29.9 Å². The van der Waals surface area contributed by atoms with E-state index >= 15 is 0 Å². The summed E-state index contributed by atoms with van der Waals surface area (Å²) in [5, 5.41) is 0. The van der Waals surface area contributed by atoms with Crippen molar-refractivity contribution in [3.05, 3.63) is 53.6 Å². The van der Waals surface area contributed by atoms with Gasteiger partial charge in [0.15, 0.2) is 0 Å². The molecule has 0 aliphatic carbocycles. The molecule has 2 aromatic carbocycles. The van der Waals surface area contributed by atoms with E-state index in [1.165, 1.54) is 23.5 Å². The number of fused-ring (bicyclic) bond motifs is 1. The molecule has 2 aromatic rings. The maximum Gasteiger partial charge on any atom is 0.264 e. The Hall–Kier alpha value is -2.58. The molecule has 4 rings (SSSR count). The van der Waals surface area contributed by atoms with Gasteiger partial charge in [-0.05, 0) is 49.6 Å². The molecule has 166 valence electrons. The molecule has 0 N–H and O–H groups in total. The molecule has 0 spiro atoms. The summed E-state index contributed by atoms with van der Waals surface area (Å²) < 4.78 is 39.1. The first-order chi connectivity index (χ1) is 15.0. The Balaban J connectivity index is 1.66. The number of amides is 1. The first-order valence-corrected chi connectivity index (χ1v) is 12.1. The van der Waals surface area contributed by atoms with Crippen LogP contribution in [0, 0.1) is 5.92 Å². The van der Waals surface area contributed by atoms with Crippen LogP contribution in [-0.4, -0.2) is 59.2 Å². The summed E-state index contributed by atoms with van der Waals surface area (Å²) >= 11 is 0. The number of rotatable bonds is 7. The topological polar surface area (TPSA) is 76.2 Å². The van der Waals surface area contributed by atoms with Gasteiger partial charge in [-0.25, -0.2) is 8.42 Å². The number of carbonyl (C=O) groups excluding carboxylic acids is 1. The van der Waals surface area contributed by atoms with Crippen LogP contribution in [0.2, 0.25) is 0 Å². The summed E-state index contributed by atoms with van der Waals surface area (Å²) in [7, 11) is -2.32. The van der Waals surface area contributed by atoms with Gasteiger partial charge in [0.2, 0.25) is 0 Å². The van der Waals surface area contributed by atoms with Crippen LogP contribution in [0.15, 0.2) is 47.4 Å². The lowest BCUT2D eigenvalue weighted by Crippen LogP contribution is -2.36. The Bertz CT molecular complexity index is 1060. The fourth-order valence-corrected chi connectivity index (χ4v) is 5.79. The third-order valence-electron chi connectivity index (χ3n) is 6.01. The van der Waals surface area contributed by atoms with Crippen molar-refractivity contribution in [3.63, 3.8) is 0 Å². The van der Waals surface area contributed by atoms with Crippen molar-refractivity contribution in [1.29, 1.82) is 0 Å². The van der Waals surface area contributed by atoms with Gasteiger partial charge < -0.3 is 14.4 Å². The Morgan fingerprint density at radius 3 is 2.77 bits per heavy atom. The number of benzene rings is 2. The summed E-state index contributed by atoms with van der Waals surface area (Å²) in [6, 6.07) is 12.0. The number of ether oxygens (including phenoxy) is 2. The highest BCUT2D eigenvalue weighted by molar-refractivity contribution is 7.92. The molecule has 0 radical (unpaired) electrons. The van der Waals surface area contributed by atoms with Gasteiger partial charge in [0.25, 0.3) is 15.9 Å². The highest BCUT2D eigenvalue weighted by Gasteiger charge is 2.32. The molecule has 0 bridgehead atoms. The minimum Gasteiger partial charge on any atom is -0.496 e. The van der Waals surface area contributed by atoms with E-state index in [0.29, 0.717) is 56.6 Å². The van der Waals surface area contributed by atoms with E-state index in [9.17, 15) is 13.2 Å². The number of sulfonamides is 1. The molecule has 2 aliphatic rings. The fraction of sp³-hybridized carbons (Fsp3) is 0.435. The molecule has 1 unspecified atom stereocenters. The average molecular weight is 445 g/mol. The SMILES string of the molecule is CCN(CC1CCOC1)C(=O)c1cc(S(=O)(=O)N2CCc3ccccc32)ccc1OC. The number of hydrogen-bond donors (Lipinski definition) is 0. The van der Waals surface area contributed by atoms with E-state index in [-0.39, 0.29) is 16.4 Å². The van der Waals surface area contributed by atoms with Crippen LogP contribution in [0.25, 0.3) is 0 Å². The van der Waals surface area contributed by atoms with Gasteiger partial charge in [-0.3, -0.25) is 9.10 Å². The third kappa shape index (κ3) is 4.14. The molecule has 0 saturated carbocycles. The highest BCUT2D eigenvalue weighted by atomic mass is 32.2. The summed E-state index contributed by atoms with van der Waals surface area (Å²) in [6.45, 7) is 4.76. The van der Waals surface area contributed by atoms with Crippen molar-refractivity contribution in [2.75, 3.05) is 44.3 Å². The number of hydrogen-bond acceptors (Lipinski definition) is 5. The maximum atomic E-state index is 13.4. The van der Waals surface area contributed by atoms with Crippen LogP contribution in [-0.2, 0) is 21.2 Å². The van der Waals surface area contributed by atoms with Crippen LogP contribution in [0.5, 0.6) is 5.75 Å². The molecule has 2 aliphatic heterocycles. The Kier molecular flexibility index (Phi) is 6.20. The van der Waals surface area contributed by atoms with Gasteiger partial charge in [-0.1, -0.05) is 18.2 Å². The molecule has 8 heteroatoms. The minimum absolute atomic E-state index is 0.0913. The second kappa shape index (κ2) is 8.88. The minimum atomic E-state index is -3.80. The molecule has 1 atom stereocenters. The predicted octanol–water partition coefficient (Wildman–Crippen LogP) is 2.95. The van der Waals surface area contributed by atoms with Crippen LogP contribution in [0.1, 0.15) is 29.3 Å². The molecule has 1 fully saturated rings. The van der Waals surface area contributed by atoms with Gasteiger partial charge in [-0.15, -0.1) is 0 Å².